The highest BCUT2D eigenvalue weighted by molar-refractivity contribution is 7.99. The topological polar surface area (TPSA) is 91.2 Å². The second kappa shape index (κ2) is 10.1. The second-order valence-corrected chi connectivity index (χ2v) is 8.89. The van der Waals surface area contributed by atoms with Crippen LogP contribution >= 0.6 is 23.1 Å². The van der Waals surface area contributed by atoms with E-state index in [9.17, 15) is 4.79 Å². The minimum atomic E-state index is -0.171. The van der Waals surface area contributed by atoms with Crippen LogP contribution in [0, 0.1) is 13.8 Å². The standard InChI is InChI=1S/C23H23N5O3S2/c1-14-7-5-6-8-19(14)28-15(2)26-27-23(28)33-13-21(29)25-22-24-18(12-32-22)17-11-16(30-3)9-10-20(17)31-4/h5-12H,13H2,1-4H3,(H,24,25,29). The van der Waals surface area contributed by atoms with Crippen LogP contribution in [0.5, 0.6) is 11.5 Å². The average molecular weight is 482 g/mol. The molecule has 0 spiro atoms. The van der Waals surface area contributed by atoms with Crippen molar-refractivity contribution in [1.82, 2.24) is 19.7 Å². The number of hydrogen-bond acceptors (Lipinski definition) is 8. The Hall–Kier alpha value is -3.37. The first-order valence-corrected chi connectivity index (χ1v) is 11.9. The van der Waals surface area contributed by atoms with Crippen molar-refractivity contribution in [3.8, 4) is 28.4 Å². The zero-order chi connectivity index (χ0) is 23.4. The lowest BCUT2D eigenvalue weighted by Crippen LogP contribution is -2.14. The molecule has 2 aromatic carbocycles. The van der Waals surface area contributed by atoms with Gasteiger partial charge in [-0.1, -0.05) is 30.0 Å². The summed E-state index contributed by atoms with van der Waals surface area (Å²) in [6, 6.07) is 13.5. The van der Waals surface area contributed by atoms with Gasteiger partial charge in [-0.2, -0.15) is 0 Å². The molecule has 0 fully saturated rings. The number of thioether (sulfide) groups is 1. The first kappa shape index (κ1) is 22.8. The van der Waals surface area contributed by atoms with E-state index in [0.717, 1.165) is 22.6 Å². The molecule has 0 unspecified atom stereocenters. The molecular formula is C23H23N5O3S2. The first-order valence-electron chi connectivity index (χ1n) is 10.1. The highest BCUT2D eigenvalue weighted by atomic mass is 32.2. The molecule has 4 aromatic rings. The Labute approximate surface area is 200 Å². The van der Waals surface area contributed by atoms with Crippen molar-refractivity contribution in [2.24, 2.45) is 0 Å². The van der Waals surface area contributed by atoms with Crippen LogP contribution in [0.3, 0.4) is 0 Å². The first-order chi connectivity index (χ1) is 16.0. The van der Waals surface area contributed by atoms with Gasteiger partial charge in [0, 0.05) is 10.9 Å². The van der Waals surface area contributed by atoms with E-state index in [4.69, 9.17) is 9.47 Å². The Kier molecular flexibility index (Phi) is 6.95. The molecule has 0 aliphatic heterocycles. The van der Waals surface area contributed by atoms with Gasteiger partial charge in [-0.25, -0.2) is 4.98 Å². The number of nitrogens with one attached hydrogen (secondary N) is 1. The third kappa shape index (κ3) is 5.01. The third-order valence-corrected chi connectivity index (χ3v) is 6.60. The number of thiazole rings is 1. The van der Waals surface area contributed by atoms with Crippen LogP contribution in [0.2, 0.25) is 0 Å². The number of rotatable bonds is 8. The van der Waals surface area contributed by atoms with E-state index in [0.29, 0.717) is 27.5 Å². The summed E-state index contributed by atoms with van der Waals surface area (Å²) in [6.45, 7) is 3.93. The molecule has 33 heavy (non-hydrogen) atoms. The Morgan fingerprint density at radius 2 is 1.94 bits per heavy atom. The van der Waals surface area contributed by atoms with Crippen LogP contribution in [-0.2, 0) is 4.79 Å². The summed E-state index contributed by atoms with van der Waals surface area (Å²) in [5, 5.41) is 14.4. The van der Waals surface area contributed by atoms with Gasteiger partial charge in [0.15, 0.2) is 10.3 Å². The van der Waals surface area contributed by atoms with Gasteiger partial charge in [-0.05, 0) is 43.7 Å². The van der Waals surface area contributed by atoms with Crippen molar-refractivity contribution in [1.29, 1.82) is 0 Å². The van der Waals surface area contributed by atoms with Crippen molar-refractivity contribution in [2.45, 2.75) is 19.0 Å². The van der Waals surface area contributed by atoms with Crippen LogP contribution in [0.1, 0.15) is 11.4 Å². The van der Waals surface area contributed by atoms with Crippen LogP contribution in [-0.4, -0.2) is 45.6 Å². The van der Waals surface area contributed by atoms with Gasteiger partial charge in [0.25, 0.3) is 0 Å². The van der Waals surface area contributed by atoms with Crippen molar-refractivity contribution < 1.29 is 14.3 Å². The van der Waals surface area contributed by atoms with Crippen molar-refractivity contribution in [2.75, 3.05) is 25.3 Å². The van der Waals surface area contributed by atoms with Crippen molar-refractivity contribution in [3.63, 3.8) is 0 Å². The minimum Gasteiger partial charge on any atom is -0.497 e. The minimum absolute atomic E-state index is 0.171. The molecule has 0 aliphatic rings. The van der Waals surface area contributed by atoms with Gasteiger partial charge in [0.1, 0.15) is 17.3 Å². The summed E-state index contributed by atoms with van der Waals surface area (Å²) in [5.74, 6) is 2.16. The fourth-order valence-electron chi connectivity index (χ4n) is 3.28. The maximum atomic E-state index is 12.6. The van der Waals surface area contributed by atoms with Gasteiger partial charge in [0.05, 0.1) is 31.4 Å². The number of carbonyl (C=O) groups excluding carboxylic acids is 1. The van der Waals surface area contributed by atoms with Crippen LogP contribution in [0.4, 0.5) is 5.13 Å². The summed E-state index contributed by atoms with van der Waals surface area (Å²) in [6.07, 6.45) is 0. The molecule has 10 heteroatoms. The number of aromatic nitrogens is 4. The van der Waals surface area contributed by atoms with E-state index in [1.807, 2.05) is 66.3 Å². The fourth-order valence-corrected chi connectivity index (χ4v) is 4.80. The lowest BCUT2D eigenvalue weighted by atomic mass is 10.1. The highest BCUT2D eigenvalue weighted by Crippen LogP contribution is 2.35. The summed E-state index contributed by atoms with van der Waals surface area (Å²) < 4.78 is 12.7. The van der Waals surface area contributed by atoms with Crippen LogP contribution in [0.15, 0.2) is 53.0 Å². The largest absolute Gasteiger partial charge is 0.497 e. The van der Waals surface area contributed by atoms with E-state index in [-0.39, 0.29) is 11.7 Å². The van der Waals surface area contributed by atoms with Crippen LogP contribution in [0.25, 0.3) is 16.9 Å². The molecule has 0 aliphatic carbocycles. The Morgan fingerprint density at radius 3 is 2.70 bits per heavy atom. The van der Waals surface area contributed by atoms with Gasteiger partial charge >= 0.3 is 0 Å². The van der Waals surface area contributed by atoms with Crippen molar-refractivity contribution in [3.05, 3.63) is 59.2 Å². The van der Waals surface area contributed by atoms with E-state index in [1.54, 1.807) is 14.2 Å². The summed E-state index contributed by atoms with van der Waals surface area (Å²) in [4.78, 5) is 17.2. The lowest BCUT2D eigenvalue weighted by molar-refractivity contribution is -0.113. The summed E-state index contributed by atoms with van der Waals surface area (Å²) in [5.41, 5.74) is 3.60. The molecule has 1 N–H and O–H groups in total. The Morgan fingerprint density at radius 1 is 1.12 bits per heavy atom. The van der Waals surface area contributed by atoms with E-state index in [2.05, 4.69) is 20.5 Å². The van der Waals surface area contributed by atoms with E-state index in [1.165, 1.54) is 23.1 Å². The number of anilines is 1. The lowest BCUT2D eigenvalue weighted by Gasteiger charge is -2.10. The highest BCUT2D eigenvalue weighted by Gasteiger charge is 2.16. The monoisotopic (exact) mass is 481 g/mol. The number of methoxy groups -OCH3 is 2. The van der Waals surface area contributed by atoms with E-state index >= 15 is 0 Å². The SMILES string of the molecule is COc1ccc(OC)c(-c2csc(NC(=O)CSc3nnc(C)n3-c3ccccc3C)n2)c1. The molecule has 2 aromatic heterocycles. The molecule has 0 atom stereocenters. The zero-order valence-corrected chi connectivity index (χ0v) is 20.3. The van der Waals surface area contributed by atoms with Gasteiger partial charge in [-0.15, -0.1) is 21.5 Å². The molecule has 170 valence electrons. The Bertz CT molecular complexity index is 1280. The number of hydrogen-bond donors (Lipinski definition) is 1. The number of carbonyl (C=O) groups is 1. The Balaban J connectivity index is 1.45. The number of benzene rings is 2. The van der Waals surface area contributed by atoms with Gasteiger partial charge < -0.3 is 14.8 Å². The van der Waals surface area contributed by atoms with E-state index < -0.39 is 0 Å². The quantitative estimate of drug-likeness (QED) is 0.363. The summed E-state index contributed by atoms with van der Waals surface area (Å²) >= 11 is 2.68. The number of para-hydroxylation sites is 1. The maximum Gasteiger partial charge on any atom is 0.236 e. The number of ether oxygens (including phenoxy) is 2. The third-order valence-electron chi connectivity index (χ3n) is 4.92. The number of amides is 1. The van der Waals surface area contributed by atoms with Crippen LogP contribution < -0.4 is 14.8 Å². The molecule has 8 nitrogen and oxygen atoms in total. The molecule has 1 amide bonds. The van der Waals surface area contributed by atoms with Gasteiger partial charge in [0.2, 0.25) is 5.91 Å². The molecule has 0 radical (unpaired) electrons. The smallest absolute Gasteiger partial charge is 0.236 e. The van der Waals surface area contributed by atoms with Gasteiger partial charge in [-0.3, -0.25) is 9.36 Å². The number of nitrogens with zero attached hydrogens (tertiary/aromatic N) is 4. The van der Waals surface area contributed by atoms with Crippen molar-refractivity contribution >= 4 is 34.1 Å². The fraction of sp³-hybridized carbons (Fsp3) is 0.217. The normalized spacial score (nSPS) is 10.8. The number of aryl methyl sites for hydroxylation is 2. The molecule has 0 bridgehead atoms. The zero-order valence-electron chi connectivity index (χ0n) is 18.7. The molecule has 4 rings (SSSR count). The predicted molar refractivity (Wildman–Crippen MR) is 131 cm³/mol. The maximum absolute atomic E-state index is 12.6. The second-order valence-electron chi connectivity index (χ2n) is 7.09. The average Bonchev–Trinajstić information content (AvgIpc) is 3.44. The molecule has 2 heterocycles. The predicted octanol–water partition coefficient (Wildman–Crippen LogP) is 4.76. The molecule has 0 saturated carbocycles. The molecule has 0 saturated heterocycles. The summed E-state index contributed by atoms with van der Waals surface area (Å²) in [7, 11) is 3.21. The molecular weight excluding hydrogens is 458 g/mol.